The van der Waals surface area contributed by atoms with E-state index in [4.69, 9.17) is 4.74 Å². The summed E-state index contributed by atoms with van der Waals surface area (Å²) < 4.78 is 5.60. The molecule has 0 saturated heterocycles. The zero-order valence-electron chi connectivity index (χ0n) is 21.2. The number of carbonyl (C=O) groups is 3. The van der Waals surface area contributed by atoms with Crippen LogP contribution in [0.25, 0.3) is 11.1 Å². The number of carboxylic acids is 1. The number of alkyl carbamates (subject to hydrolysis) is 1. The predicted molar refractivity (Wildman–Crippen MR) is 135 cm³/mol. The number of carboxylic acid groups (broad SMARTS) is 1. The van der Waals surface area contributed by atoms with Gasteiger partial charge < -0.3 is 20.1 Å². The molecule has 0 saturated carbocycles. The number of nitrogens with zero attached hydrogens (tertiary/aromatic N) is 1. The molecule has 1 unspecified atom stereocenters. The van der Waals surface area contributed by atoms with Gasteiger partial charge in [0.1, 0.15) is 18.7 Å². The summed E-state index contributed by atoms with van der Waals surface area (Å²) in [6.45, 7) is 7.84. The lowest BCUT2D eigenvalue weighted by molar-refractivity contribution is -0.151. The summed E-state index contributed by atoms with van der Waals surface area (Å²) >= 11 is 0. The molecule has 2 aromatic carbocycles. The molecule has 0 aromatic heterocycles. The molecule has 1 aliphatic carbocycles. The quantitative estimate of drug-likeness (QED) is 0.524. The minimum absolute atomic E-state index is 0.0840. The predicted octanol–water partition coefficient (Wildman–Crippen LogP) is 5.04. The van der Waals surface area contributed by atoms with Crippen molar-refractivity contribution in [2.45, 2.75) is 65.0 Å². The second-order valence-corrected chi connectivity index (χ2v) is 10.4. The molecule has 188 valence electrons. The van der Waals surface area contributed by atoms with Crippen LogP contribution in [-0.4, -0.2) is 53.7 Å². The van der Waals surface area contributed by atoms with Gasteiger partial charge in [-0.25, -0.2) is 9.59 Å². The average molecular weight is 481 g/mol. The molecule has 7 heteroatoms. The number of hydrogen-bond acceptors (Lipinski definition) is 4. The van der Waals surface area contributed by atoms with Crippen molar-refractivity contribution in [3.05, 3.63) is 59.7 Å². The Morgan fingerprint density at radius 1 is 1.03 bits per heavy atom. The van der Waals surface area contributed by atoms with Gasteiger partial charge in [0.25, 0.3) is 0 Å². The second-order valence-electron chi connectivity index (χ2n) is 10.4. The first-order valence-electron chi connectivity index (χ1n) is 12.1. The molecule has 2 N–H and O–H groups in total. The third-order valence-electron chi connectivity index (χ3n) is 6.42. The van der Waals surface area contributed by atoms with E-state index in [0.717, 1.165) is 22.3 Å². The van der Waals surface area contributed by atoms with Gasteiger partial charge in [-0.3, -0.25) is 4.79 Å². The number of aliphatic carboxylic acids is 1. The number of likely N-dealkylation sites (N-methyl/N-ethyl adjacent to an activating group) is 1. The summed E-state index contributed by atoms with van der Waals surface area (Å²) in [6, 6.07) is 14.3. The van der Waals surface area contributed by atoms with E-state index in [1.807, 2.05) is 64.1 Å². The maximum atomic E-state index is 13.2. The van der Waals surface area contributed by atoms with Crippen molar-refractivity contribution in [1.82, 2.24) is 10.2 Å². The topological polar surface area (TPSA) is 95.9 Å². The SMILES string of the molecule is CCC[C@@H](NC(=O)OCC1c2ccccc2-c2ccccc21)C(=O)N(C)C(CC(C)(C)C)C(=O)O. The average Bonchev–Trinajstić information content (AvgIpc) is 3.13. The lowest BCUT2D eigenvalue weighted by Gasteiger charge is -2.32. The number of amides is 2. The highest BCUT2D eigenvalue weighted by molar-refractivity contribution is 5.89. The van der Waals surface area contributed by atoms with Gasteiger partial charge in [0, 0.05) is 13.0 Å². The molecule has 2 aromatic rings. The summed E-state index contributed by atoms with van der Waals surface area (Å²) in [5.74, 6) is -1.58. The van der Waals surface area contributed by atoms with Crippen molar-refractivity contribution in [2.24, 2.45) is 5.41 Å². The van der Waals surface area contributed by atoms with Gasteiger partial charge in [0.15, 0.2) is 0 Å². The lowest BCUT2D eigenvalue weighted by Crippen LogP contribution is -2.53. The fraction of sp³-hybridized carbons (Fsp3) is 0.464. The maximum Gasteiger partial charge on any atom is 0.407 e. The number of rotatable bonds is 9. The molecule has 2 atom stereocenters. The maximum absolute atomic E-state index is 13.2. The Labute approximate surface area is 207 Å². The van der Waals surface area contributed by atoms with Gasteiger partial charge >= 0.3 is 12.1 Å². The van der Waals surface area contributed by atoms with Crippen LogP contribution in [0.5, 0.6) is 0 Å². The van der Waals surface area contributed by atoms with Crippen LogP contribution in [0.2, 0.25) is 0 Å². The second kappa shape index (κ2) is 10.9. The molecule has 35 heavy (non-hydrogen) atoms. The van der Waals surface area contributed by atoms with Crippen LogP contribution in [0.3, 0.4) is 0 Å². The molecule has 0 spiro atoms. The molecule has 2 amide bonds. The van der Waals surface area contributed by atoms with E-state index in [1.54, 1.807) is 0 Å². The molecule has 7 nitrogen and oxygen atoms in total. The van der Waals surface area contributed by atoms with Gasteiger partial charge in [-0.1, -0.05) is 82.6 Å². The normalized spacial score (nSPS) is 14.4. The third-order valence-corrected chi connectivity index (χ3v) is 6.42. The van der Waals surface area contributed by atoms with Crippen LogP contribution in [0.4, 0.5) is 4.79 Å². The summed E-state index contributed by atoms with van der Waals surface area (Å²) in [6.07, 6.45) is 0.642. The third kappa shape index (κ3) is 6.21. The Bertz CT molecular complexity index is 1030. The number of hydrogen-bond donors (Lipinski definition) is 2. The molecular formula is C28H36N2O5. The van der Waals surface area contributed by atoms with Crippen LogP contribution < -0.4 is 5.32 Å². The Morgan fingerprint density at radius 3 is 2.06 bits per heavy atom. The van der Waals surface area contributed by atoms with E-state index in [2.05, 4.69) is 17.4 Å². The van der Waals surface area contributed by atoms with Gasteiger partial charge in [-0.05, 0) is 40.5 Å². The van der Waals surface area contributed by atoms with Crippen LogP contribution in [-0.2, 0) is 14.3 Å². The number of ether oxygens (including phenoxy) is 1. The minimum Gasteiger partial charge on any atom is -0.480 e. The van der Waals surface area contributed by atoms with E-state index in [1.165, 1.54) is 11.9 Å². The van der Waals surface area contributed by atoms with Crippen LogP contribution in [0, 0.1) is 5.41 Å². The first-order valence-corrected chi connectivity index (χ1v) is 12.1. The largest absolute Gasteiger partial charge is 0.480 e. The summed E-state index contributed by atoms with van der Waals surface area (Å²) in [7, 11) is 1.48. The number of fused-ring (bicyclic) bond motifs is 3. The van der Waals surface area contributed by atoms with Crippen molar-refractivity contribution in [3.8, 4) is 11.1 Å². The number of benzene rings is 2. The van der Waals surface area contributed by atoms with Crippen LogP contribution >= 0.6 is 0 Å². The smallest absolute Gasteiger partial charge is 0.407 e. The molecule has 0 heterocycles. The van der Waals surface area contributed by atoms with E-state index >= 15 is 0 Å². The molecular weight excluding hydrogens is 444 g/mol. The van der Waals surface area contributed by atoms with Crippen LogP contribution in [0.15, 0.2) is 48.5 Å². The highest BCUT2D eigenvalue weighted by Gasteiger charge is 2.35. The van der Waals surface area contributed by atoms with Crippen molar-refractivity contribution in [3.63, 3.8) is 0 Å². The zero-order valence-corrected chi connectivity index (χ0v) is 21.2. The number of nitrogens with one attached hydrogen (secondary N) is 1. The molecule has 3 rings (SSSR count). The minimum atomic E-state index is -1.06. The summed E-state index contributed by atoms with van der Waals surface area (Å²) in [4.78, 5) is 39.0. The van der Waals surface area contributed by atoms with Gasteiger partial charge in [0.2, 0.25) is 5.91 Å². The molecule has 0 radical (unpaired) electrons. The van der Waals surface area contributed by atoms with Gasteiger partial charge in [-0.15, -0.1) is 0 Å². The lowest BCUT2D eigenvalue weighted by atomic mass is 9.87. The van der Waals surface area contributed by atoms with Crippen molar-refractivity contribution < 1.29 is 24.2 Å². The van der Waals surface area contributed by atoms with Crippen molar-refractivity contribution >= 4 is 18.0 Å². The molecule has 0 aliphatic heterocycles. The van der Waals surface area contributed by atoms with Crippen molar-refractivity contribution in [2.75, 3.05) is 13.7 Å². The van der Waals surface area contributed by atoms with E-state index in [0.29, 0.717) is 19.3 Å². The molecule has 0 bridgehead atoms. The number of carbonyl (C=O) groups excluding carboxylic acids is 2. The Hall–Kier alpha value is -3.35. The zero-order chi connectivity index (χ0) is 25.8. The standard InChI is InChI=1S/C28H36N2O5/c1-6-11-23(25(31)30(5)24(26(32)33)16-28(2,3)4)29-27(34)35-17-22-20-14-9-7-12-18(20)19-13-8-10-15-21(19)22/h7-10,12-15,22-24H,6,11,16-17H2,1-5H3,(H,29,34)(H,32,33)/t23-,24?/m1/s1. The fourth-order valence-electron chi connectivity index (χ4n) is 4.70. The first kappa shape index (κ1) is 26.3. The van der Waals surface area contributed by atoms with E-state index in [-0.39, 0.29) is 17.9 Å². The van der Waals surface area contributed by atoms with Crippen molar-refractivity contribution in [1.29, 1.82) is 0 Å². The highest BCUT2D eigenvalue weighted by atomic mass is 16.5. The highest BCUT2D eigenvalue weighted by Crippen LogP contribution is 2.44. The Balaban J connectivity index is 1.68. The molecule has 0 fully saturated rings. The first-order chi connectivity index (χ1) is 16.5. The van der Waals surface area contributed by atoms with E-state index in [9.17, 15) is 19.5 Å². The fourth-order valence-corrected chi connectivity index (χ4v) is 4.70. The summed E-state index contributed by atoms with van der Waals surface area (Å²) in [5.41, 5.74) is 4.20. The van der Waals surface area contributed by atoms with E-state index < -0.39 is 30.1 Å². The van der Waals surface area contributed by atoms with Crippen LogP contribution in [0.1, 0.15) is 64.0 Å². The van der Waals surface area contributed by atoms with Gasteiger partial charge in [0.05, 0.1) is 0 Å². The Morgan fingerprint density at radius 2 is 1.57 bits per heavy atom. The monoisotopic (exact) mass is 480 g/mol. The summed E-state index contributed by atoms with van der Waals surface area (Å²) in [5, 5.41) is 12.4. The van der Waals surface area contributed by atoms with Gasteiger partial charge in [-0.2, -0.15) is 0 Å². The Kier molecular flexibility index (Phi) is 8.20. The molecule has 1 aliphatic rings.